The van der Waals surface area contributed by atoms with Crippen molar-refractivity contribution in [3.8, 4) is 5.75 Å². The molecule has 2 N–H and O–H groups in total. The highest BCUT2D eigenvalue weighted by Crippen LogP contribution is 2.26. The Morgan fingerprint density at radius 1 is 1.35 bits per heavy atom. The van der Waals surface area contributed by atoms with Crippen LogP contribution >= 0.6 is 0 Å². The summed E-state index contributed by atoms with van der Waals surface area (Å²) in [4.78, 5) is 6.95. The van der Waals surface area contributed by atoms with E-state index >= 15 is 0 Å². The molecule has 0 aliphatic carbocycles. The molecule has 0 bridgehead atoms. The third-order valence-corrected chi connectivity index (χ3v) is 3.00. The molecule has 1 unspecified atom stereocenters. The Hall–Kier alpha value is -1.95. The van der Waals surface area contributed by atoms with Gasteiger partial charge in [-0.05, 0) is 13.0 Å². The molecular weight excluding hydrogens is 264 g/mol. The summed E-state index contributed by atoms with van der Waals surface area (Å²) < 4.78 is 29.2. The van der Waals surface area contributed by atoms with Crippen molar-refractivity contribution in [1.82, 2.24) is 15.3 Å². The molecule has 6 heteroatoms. The molecule has 1 heterocycles. The molecule has 1 aromatic heterocycles. The van der Waals surface area contributed by atoms with Gasteiger partial charge in [0.05, 0.1) is 6.33 Å². The molecule has 20 heavy (non-hydrogen) atoms. The third-order valence-electron chi connectivity index (χ3n) is 3.00. The maximum Gasteiger partial charge on any atom is 0.387 e. The Morgan fingerprint density at radius 2 is 2.15 bits per heavy atom. The monoisotopic (exact) mass is 281 g/mol. The van der Waals surface area contributed by atoms with E-state index in [1.807, 2.05) is 6.92 Å². The Morgan fingerprint density at radius 3 is 2.85 bits per heavy atom. The molecule has 0 spiro atoms. The number of hydrogen-bond donors (Lipinski definition) is 2. The van der Waals surface area contributed by atoms with E-state index in [0.717, 1.165) is 17.7 Å². The Balaban J connectivity index is 1.92. The standard InChI is InChI=1S/C14H17F2N3O/c1-10(18-7-6-11-8-17-9-19-11)12-4-2-3-5-13(12)20-14(15)16/h2-5,8-10,14,18H,6-7H2,1H3,(H,17,19). The molecule has 2 aromatic rings. The van der Waals surface area contributed by atoms with Crippen molar-refractivity contribution in [2.45, 2.75) is 26.0 Å². The van der Waals surface area contributed by atoms with Gasteiger partial charge in [-0.15, -0.1) is 0 Å². The van der Waals surface area contributed by atoms with Crippen LogP contribution in [0.4, 0.5) is 8.78 Å². The molecule has 2 rings (SSSR count). The summed E-state index contributed by atoms with van der Waals surface area (Å²) in [6.07, 6.45) is 4.19. The molecule has 1 atom stereocenters. The van der Waals surface area contributed by atoms with Gasteiger partial charge in [0.25, 0.3) is 0 Å². The summed E-state index contributed by atoms with van der Waals surface area (Å²) in [6.45, 7) is -0.180. The maximum absolute atomic E-state index is 12.3. The van der Waals surface area contributed by atoms with E-state index in [1.54, 1.807) is 36.8 Å². The van der Waals surface area contributed by atoms with E-state index in [2.05, 4.69) is 20.0 Å². The average molecular weight is 281 g/mol. The van der Waals surface area contributed by atoms with Crippen LogP contribution in [-0.2, 0) is 6.42 Å². The van der Waals surface area contributed by atoms with Crippen LogP contribution in [0, 0.1) is 0 Å². The second kappa shape index (κ2) is 7.00. The first-order chi connectivity index (χ1) is 9.66. The van der Waals surface area contributed by atoms with Gasteiger partial charge < -0.3 is 15.0 Å². The van der Waals surface area contributed by atoms with Crippen molar-refractivity contribution in [1.29, 1.82) is 0 Å². The van der Waals surface area contributed by atoms with E-state index in [9.17, 15) is 8.78 Å². The molecule has 0 radical (unpaired) electrons. The predicted molar refractivity (Wildman–Crippen MR) is 71.8 cm³/mol. The molecule has 108 valence electrons. The number of hydrogen-bond acceptors (Lipinski definition) is 3. The molecule has 4 nitrogen and oxygen atoms in total. The highest BCUT2D eigenvalue weighted by atomic mass is 19.3. The van der Waals surface area contributed by atoms with Crippen LogP contribution in [-0.4, -0.2) is 23.1 Å². The van der Waals surface area contributed by atoms with Gasteiger partial charge in [-0.25, -0.2) is 4.98 Å². The number of imidazole rings is 1. The van der Waals surface area contributed by atoms with Gasteiger partial charge in [0.15, 0.2) is 0 Å². The molecule has 0 saturated carbocycles. The molecule has 1 aromatic carbocycles. The fourth-order valence-corrected chi connectivity index (χ4v) is 2.00. The number of alkyl halides is 2. The Labute approximate surface area is 116 Å². The van der Waals surface area contributed by atoms with Crippen LogP contribution in [0.1, 0.15) is 24.2 Å². The van der Waals surface area contributed by atoms with Crippen molar-refractivity contribution in [3.63, 3.8) is 0 Å². The first-order valence-electron chi connectivity index (χ1n) is 6.41. The van der Waals surface area contributed by atoms with Gasteiger partial charge in [-0.3, -0.25) is 0 Å². The lowest BCUT2D eigenvalue weighted by Crippen LogP contribution is -2.22. The number of aromatic amines is 1. The van der Waals surface area contributed by atoms with E-state index in [4.69, 9.17) is 0 Å². The smallest absolute Gasteiger partial charge is 0.387 e. The minimum Gasteiger partial charge on any atom is -0.434 e. The fourth-order valence-electron chi connectivity index (χ4n) is 2.00. The molecule has 0 aliphatic heterocycles. The van der Waals surface area contributed by atoms with Crippen LogP contribution in [0.3, 0.4) is 0 Å². The molecular formula is C14H17F2N3O. The maximum atomic E-state index is 12.3. The summed E-state index contributed by atoms with van der Waals surface area (Å²) in [5, 5.41) is 3.28. The second-order valence-corrected chi connectivity index (χ2v) is 4.42. The largest absolute Gasteiger partial charge is 0.434 e. The van der Waals surface area contributed by atoms with Crippen LogP contribution in [0.5, 0.6) is 5.75 Å². The molecule has 0 amide bonds. The molecule has 0 fully saturated rings. The number of H-pyrrole nitrogens is 1. The van der Waals surface area contributed by atoms with Crippen LogP contribution in [0.15, 0.2) is 36.8 Å². The van der Waals surface area contributed by atoms with E-state index in [1.165, 1.54) is 0 Å². The Bertz CT molecular complexity index is 517. The van der Waals surface area contributed by atoms with Crippen LogP contribution in [0.25, 0.3) is 0 Å². The number of aromatic nitrogens is 2. The van der Waals surface area contributed by atoms with Crippen molar-refractivity contribution in [3.05, 3.63) is 48.0 Å². The van der Waals surface area contributed by atoms with E-state index in [0.29, 0.717) is 6.54 Å². The van der Waals surface area contributed by atoms with Gasteiger partial charge in [-0.1, -0.05) is 18.2 Å². The second-order valence-electron chi connectivity index (χ2n) is 4.42. The first-order valence-corrected chi connectivity index (χ1v) is 6.41. The highest BCUT2D eigenvalue weighted by Gasteiger charge is 2.13. The number of nitrogens with zero attached hydrogens (tertiary/aromatic N) is 1. The van der Waals surface area contributed by atoms with Crippen molar-refractivity contribution in [2.75, 3.05) is 6.54 Å². The minimum absolute atomic E-state index is 0.0760. The van der Waals surface area contributed by atoms with Crippen molar-refractivity contribution >= 4 is 0 Å². The zero-order chi connectivity index (χ0) is 14.4. The third kappa shape index (κ3) is 4.03. The van der Waals surface area contributed by atoms with E-state index in [-0.39, 0.29) is 11.8 Å². The topological polar surface area (TPSA) is 49.9 Å². The number of para-hydroxylation sites is 1. The average Bonchev–Trinajstić information content (AvgIpc) is 2.91. The number of halogens is 2. The van der Waals surface area contributed by atoms with Crippen LogP contribution in [0.2, 0.25) is 0 Å². The van der Waals surface area contributed by atoms with Crippen LogP contribution < -0.4 is 10.1 Å². The molecule has 0 aliphatic rings. The lowest BCUT2D eigenvalue weighted by atomic mass is 10.1. The minimum atomic E-state index is -2.81. The Kier molecular flexibility index (Phi) is 5.06. The van der Waals surface area contributed by atoms with Gasteiger partial charge >= 0.3 is 6.61 Å². The quantitative estimate of drug-likeness (QED) is 0.820. The summed E-state index contributed by atoms with van der Waals surface area (Å²) in [5.41, 5.74) is 1.75. The zero-order valence-electron chi connectivity index (χ0n) is 11.1. The number of benzene rings is 1. The summed E-state index contributed by atoms with van der Waals surface area (Å²) in [6, 6.07) is 6.74. The lowest BCUT2D eigenvalue weighted by molar-refractivity contribution is -0.0506. The number of nitrogens with one attached hydrogen (secondary N) is 2. The van der Waals surface area contributed by atoms with Gasteiger partial charge in [0.2, 0.25) is 0 Å². The molecule has 0 saturated heterocycles. The summed E-state index contributed by atoms with van der Waals surface area (Å²) in [7, 11) is 0. The fraction of sp³-hybridized carbons (Fsp3) is 0.357. The van der Waals surface area contributed by atoms with E-state index < -0.39 is 6.61 Å². The first kappa shape index (κ1) is 14.5. The lowest BCUT2D eigenvalue weighted by Gasteiger charge is -2.17. The van der Waals surface area contributed by atoms with Gasteiger partial charge in [0, 0.05) is 36.5 Å². The van der Waals surface area contributed by atoms with Gasteiger partial charge in [0.1, 0.15) is 5.75 Å². The highest BCUT2D eigenvalue weighted by molar-refractivity contribution is 5.35. The SMILES string of the molecule is CC(NCCc1cnc[nH]1)c1ccccc1OC(F)F. The zero-order valence-corrected chi connectivity index (χ0v) is 11.1. The number of ether oxygens (including phenoxy) is 1. The number of rotatable bonds is 7. The van der Waals surface area contributed by atoms with Crippen molar-refractivity contribution in [2.24, 2.45) is 0 Å². The van der Waals surface area contributed by atoms with Crippen molar-refractivity contribution < 1.29 is 13.5 Å². The summed E-state index contributed by atoms with van der Waals surface area (Å²) in [5.74, 6) is 0.212. The normalized spacial score (nSPS) is 12.6. The predicted octanol–water partition coefficient (Wildman–Crippen LogP) is 2.90. The summed E-state index contributed by atoms with van der Waals surface area (Å²) >= 11 is 0. The van der Waals surface area contributed by atoms with Gasteiger partial charge in [-0.2, -0.15) is 8.78 Å².